The number of fused-ring (bicyclic) bond motifs is 2. The molecule has 0 aromatic heterocycles. The number of nitrogens with one attached hydrogen (secondary N) is 1. The van der Waals surface area contributed by atoms with Crippen LogP contribution in [0.2, 0.25) is 0 Å². The molecular formula is C23H23N3O5. The van der Waals surface area contributed by atoms with Crippen LogP contribution in [0.3, 0.4) is 0 Å². The number of anilines is 1. The Morgan fingerprint density at radius 2 is 1.77 bits per heavy atom. The average molecular weight is 421 g/mol. The van der Waals surface area contributed by atoms with Crippen molar-refractivity contribution in [2.75, 3.05) is 25.0 Å². The highest BCUT2D eigenvalue weighted by Gasteiger charge is 2.40. The molecule has 160 valence electrons. The third-order valence-electron chi connectivity index (χ3n) is 5.69. The molecule has 1 fully saturated rings. The van der Waals surface area contributed by atoms with Crippen LogP contribution in [0, 0.1) is 0 Å². The van der Waals surface area contributed by atoms with Crippen molar-refractivity contribution >= 4 is 29.4 Å². The molecule has 2 heterocycles. The molecule has 1 atom stereocenters. The Kier molecular flexibility index (Phi) is 5.70. The summed E-state index contributed by atoms with van der Waals surface area (Å²) in [6.45, 7) is 0.661. The van der Waals surface area contributed by atoms with Crippen LogP contribution in [-0.2, 0) is 14.4 Å². The lowest BCUT2D eigenvalue weighted by Crippen LogP contribution is -2.59. The van der Waals surface area contributed by atoms with Gasteiger partial charge in [-0.1, -0.05) is 36.4 Å². The fraction of sp³-hybridized carbons (Fsp3) is 0.304. The lowest BCUT2D eigenvalue weighted by atomic mass is 10.0. The molecule has 2 aromatic rings. The number of nitrogens with zero attached hydrogens (tertiary/aromatic N) is 2. The Balaban J connectivity index is 1.53. The quantitative estimate of drug-likeness (QED) is 0.770. The summed E-state index contributed by atoms with van der Waals surface area (Å²) in [7, 11) is 0. The predicted octanol–water partition coefficient (Wildman–Crippen LogP) is 2.21. The summed E-state index contributed by atoms with van der Waals surface area (Å²) < 4.78 is 0. The van der Waals surface area contributed by atoms with Crippen LogP contribution in [0.5, 0.6) is 0 Å². The molecule has 0 aliphatic carbocycles. The number of carbonyl (C=O) groups is 4. The third kappa shape index (κ3) is 4.28. The van der Waals surface area contributed by atoms with Gasteiger partial charge in [0.05, 0.1) is 17.8 Å². The van der Waals surface area contributed by atoms with Crippen LogP contribution in [0.4, 0.5) is 5.69 Å². The van der Waals surface area contributed by atoms with Crippen molar-refractivity contribution in [3.8, 4) is 11.1 Å². The molecule has 0 bridgehead atoms. The van der Waals surface area contributed by atoms with E-state index in [9.17, 15) is 19.2 Å². The van der Waals surface area contributed by atoms with Crippen LogP contribution < -0.4 is 5.32 Å². The number of hydrogen-bond donors (Lipinski definition) is 2. The van der Waals surface area contributed by atoms with E-state index in [1.807, 2.05) is 36.4 Å². The maximum absolute atomic E-state index is 13.3. The van der Waals surface area contributed by atoms with E-state index in [4.69, 9.17) is 5.11 Å². The minimum atomic E-state index is -0.945. The van der Waals surface area contributed by atoms with Gasteiger partial charge < -0.3 is 20.2 Å². The molecule has 2 aromatic carbocycles. The smallest absolute Gasteiger partial charge is 0.303 e. The first-order chi connectivity index (χ1) is 14.9. The second-order valence-corrected chi connectivity index (χ2v) is 7.72. The monoisotopic (exact) mass is 421 g/mol. The molecule has 1 unspecified atom stereocenters. The third-order valence-corrected chi connectivity index (χ3v) is 5.69. The molecule has 8 nitrogen and oxygen atoms in total. The molecule has 2 N–H and O–H groups in total. The minimum absolute atomic E-state index is 0.0762. The Morgan fingerprint density at radius 3 is 2.52 bits per heavy atom. The molecule has 3 amide bonds. The van der Waals surface area contributed by atoms with E-state index in [1.54, 1.807) is 17.0 Å². The largest absolute Gasteiger partial charge is 0.481 e. The average Bonchev–Trinajstić information content (AvgIpc) is 2.88. The normalized spacial score (nSPS) is 18.0. The number of benzene rings is 2. The number of carbonyl (C=O) groups excluding carboxylic acids is 3. The van der Waals surface area contributed by atoms with Gasteiger partial charge in [0.25, 0.3) is 5.91 Å². The number of aliphatic carboxylic acids is 1. The molecule has 0 saturated carbocycles. The number of carboxylic acid groups (broad SMARTS) is 1. The summed E-state index contributed by atoms with van der Waals surface area (Å²) in [5.74, 6) is -1.72. The van der Waals surface area contributed by atoms with Gasteiger partial charge in [-0.15, -0.1) is 0 Å². The van der Waals surface area contributed by atoms with Crippen molar-refractivity contribution in [3.63, 3.8) is 0 Å². The fourth-order valence-electron chi connectivity index (χ4n) is 4.04. The van der Waals surface area contributed by atoms with Crippen LogP contribution in [-0.4, -0.2) is 64.3 Å². The maximum atomic E-state index is 13.3. The van der Waals surface area contributed by atoms with Crippen LogP contribution in [0.1, 0.15) is 29.6 Å². The summed E-state index contributed by atoms with van der Waals surface area (Å²) in [6, 6.07) is 14.3. The van der Waals surface area contributed by atoms with E-state index in [0.29, 0.717) is 17.8 Å². The topological polar surface area (TPSA) is 107 Å². The molecule has 2 aliphatic heterocycles. The molecule has 31 heavy (non-hydrogen) atoms. The zero-order chi connectivity index (χ0) is 22.0. The summed E-state index contributed by atoms with van der Waals surface area (Å²) in [4.78, 5) is 52.3. The van der Waals surface area contributed by atoms with Gasteiger partial charge in [0.15, 0.2) is 0 Å². The van der Waals surface area contributed by atoms with E-state index >= 15 is 0 Å². The molecular weight excluding hydrogens is 398 g/mol. The summed E-state index contributed by atoms with van der Waals surface area (Å²) in [5.41, 5.74) is 2.75. The standard InChI is InChI=1S/C23H23N3O5/c27-20(7-4-8-21(28)29)25-11-12-26-19(14-25)22(30)24-18-10-9-16(13-17(18)23(26)31)15-5-2-1-3-6-15/h1-3,5-6,9-10,13,19H,4,7-8,11-12,14H2,(H,24,30)(H,28,29). The number of piperazine rings is 1. The lowest BCUT2D eigenvalue weighted by molar-refractivity contribution is -0.137. The van der Waals surface area contributed by atoms with Gasteiger partial charge in [-0.05, 0) is 29.7 Å². The summed E-state index contributed by atoms with van der Waals surface area (Å²) in [6.07, 6.45) is 0.278. The second kappa shape index (κ2) is 8.59. The Morgan fingerprint density at radius 1 is 1.00 bits per heavy atom. The number of carboxylic acids is 1. The summed E-state index contributed by atoms with van der Waals surface area (Å²) in [5, 5.41) is 11.6. The van der Waals surface area contributed by atoms with Gasteiger partial charge in [0.2, 0.25) is 11.8 Å². The van der Waals surface area contributed by atoms with Crippen LogP contribution in [0.25, 0.3) is 11.1 Å². The fourth-order valence-corrected chi connectivity index (χ4v) is 4.04. The molecule has 2 aliphatic rings. The van der Waals surface area contributed by atoms with Crippen molar-refractivity contribution in [2.45, 2.75) is 25.3 Å². The van der Waals surface area contributed by atoms with Gasteiger partial charge >= 0.3 is 5.97 Å². The SMILES string of the molecule is O=C(O)CCCC(=O)N1CCN2C(=O)c3cc(-c4ccccc4)ccc3NC(=O)C2C1. The van der Waals surface area contributed by atoms with Crippen molar-refractivity contribution in [2.24, 2.45) is 0 Å². The van der Waals surface area contributed by atoms with E-state index in [0.717, 1.165) is 11.1 Å². The highest BCUT2D eigenvalue weighted by molar-refractivity contribution is 6.10. The van der Waals surface area contributed by atoms with Crippen molar-refractivity contribution in [1.29, 1.82) is 0 Å². The van der Waals surface area contributed by atoms with Gasteiger partial charge in [-0.2, -0.15) is 0 Å². The predicted molar refractivity (Wildman–Crippen MR) is 113 cm³/mol. The van der Waals surface area contributed by atoms with Gasteiger partial charge in [0, 0.05) is 25.9 Å². The first-order valence-corrected chi connectivity index (χ1v) is 10.2. The zero-order valence-corrected chi connectivity index (χ0v) is 16.9. The van der Waals surface area contributed by atoms with Crippen molar-refractivity contribution < 1.29 is 24.3 Å². The van der Waals surface area contributed by atoms with Crippen LogP contribution >= 0.6 is 0 Å². The molecule has 0 radical (unpaired) electrons. The molecule has 1 saturated heterocycles. The minimum Gasteiger partial charge on any atom is -0.481 e. The van der Waals surface area contributed by atoms with Crippen molar-refractivity contribution in [3.05, 3.63) is 54.1 Å². The van der Waals surface area contributed by atoms with E-state index in [1.165, 1.54) is 4.90 Å². The highest BCUT2D eigenvalue weighted by Crippen LogP contribution is 2.30. The zero-order valence-electron chi connectivity index (χ0n) is 16.9. The number of hydrogen-bond acceptors (Lipinski definition) is 4. The Hall–Kier alpha value is -3.68. The molecule has 4 rings (SSSR count). The van der Waals surface area contributed by atoms with Gasteiger partial charge in [-0.25, -0.2) is 0 Å². The maximum Gasteiger partial charge on any atom is 0.303 e. The first-order valence-electron chi connectivity index (χ1n) is 10.2. The van der Waals surface area contributed by atoms with Gasteiger partial charge in [-0.3, -0.25) is 19.2 Å². The van der Waals surface area contributed by atoms with E-state index in [2.05, 4.69) is 5.32 Å². The molecule has 8 heteroatoms. The molecule has 0 spiro atoms. The lowest BCUT2D eigenvalue weighted by Gasteiger charge is -2.39. The van der Waals surface area contributed by atoms with Gasteiger partial charge in [0.1, 0.15) is 6.04 Å². The Bertz CT molecular complexity index is 1040. The van der Waals surface area contributed by atoms with E-state index in [-0.39, 0.29) is 50.1 Å². The first kappa shape index (κ1) is 20.6. The number of rotatable bonds is 5. The van der Waals surface area contributed by atoms with Crippen molar-refractivity contribution in [1.82, 2.24) is 9.80 Å². The Labute approximate surface area is 179 Å². The van der Waals surface area contributed by atoms with E-state index < -0.39 is 12.0 Å². The second-order valence-electron chi connectivity index (χ2n) is 7.72. The summed E-state index contributed by atoms with van der Waals surface area (Å²) >= 11 is 0. The van der Waals surface area contributed by atoms with Crippen LogP contribution in [0.15, 0.2) is 48.5 Å². The highest BCUT2D eigenvalue weighted by atomic mass is 16.4. The number of amides is 3.